The molecule has 0 saturated heterocycles. The van der Waals surface area contributed by atoms with Crippen LogP contribution in [0.25, 0.3) is 10.9 Å². The minimum Gasteiger partial charge on any atom is -0.399 e. The van der Waals surface area contributed by atoms with Crippen LogP contribution in [-0.4, -0.2) is 21.2 Å². The number of hydrogen-bond donors (Lipinski definition) is 2. The molecule has 1 aliphatic heterocycles. The van der Waals surface area contributed by atoms with Crippen molar-refractivity contribution in [2.24, 2.45) is 5.10 Å². The van der Waals surface area contributed by atoms with E-state index in [2.05, 4.69) is 15.5 Å². The normalized spacial score (nSPS) is 13.6. The van der Waals surface area contributed by atoms with Crippen molar-refractivity contribution in [1.29, 1.82) is 0 Å². The number of carbonyl (C=O) groups is 1. The first kappa shape index (κ1) is 17.0. The number of hydrogen-bond acceptors (Lipinski definition) is 5. The van der Waals surface area contributed by atoms with E-state index in [9.17, 15) is 9.59 Å². The molecule has 1 amide bonds. The summed E-state index contributed by atoms with van der Waals surface area (Å²) < 4.78 is 1.71. The molecule has 0 radical (unpaired) electrons. The van der Waals surface area contributed by atoms with Crippen molar-refractivity contribution in [2.45, 2.75) is 26.3 Å². The van der Waals surface area contributed by atoms with Gasteiger partial charge in [-0.05, 0) is 49.2 Å². The van der Waals surface area contributed by atoms with Gasteiger partial charge in [0.1, 0.15) is 5.82 Å². The Bertz CT molecular complexity index is 1150. The Labute approximate surface area is 155 Å². The molecule has 7 heteroatoms. The Morgan fingerprint density at radius 2 is 2.07 bits per heavy atom. The number of nitrogens with two attached hydrogens (primary N) is 1. The maximum atomic E-state index is 12.5. The van der Waals surface area contributed by atoms with Crippen molar-refractivity contribution in [1.82, 2.24) is 15.0 Å². The van der Waals surface area contributed by atoms with Crippen molar-refractivity contribution < 1.29 is 4.79 Å². The number of nitrogens with one attached hydrogen (secondary N) is 1. The van der Waals surface area contributed by atoms with Crippen molar-refractivity contribution in [3.05, 3.63) is 69.8 Å². The van der Waals surface area contributed by atoms with E-state index in [0.29, 0.717) is 34.4 Å². The van der Waals surface area contributed by atoms with Gasteiger partial charge in [0, 0.05) is 24.2 Å². The van der Waals surface area contributed by atoms with Gasteiger partial charge < -0.3 is 5.73 Å². The van der Waals surface area contributed by atoms with E-state index in [1.54, 1.807) is 41.8 Å². The van der Waals surface area contributed by atoms with E-state index in [1.165, 1.54) is 0 Å². The minimum atomic E-state index is -0.359. The number of benzene rings is 2. The van der Waals surface area contributed by atoms with Crippen LogP contribution < -0.4 is 16.7 Å². The zero-order chi connectivity index (χ0) is 19.0. The molecule has 136 valence electrons. The highest BCUT2D eigenvalue weighted by Gasteiger charge is 2.17. The predicted octanol–water partition coefficient (Wildman–Crippen LogP) is 2.08. The van der Waals surface area contributed by atoms with Gasteiger partial charge in [-0.25, -0.2) is 10.4 Å². The molecule has 7 nitrogen and oxygen atoms in total. The van der Waals surface area contributed by atoms with E-state index < -0.39 is 0 Å². The maximum Gasteiger partial charge on any atom is 0.271 e. The van der Waals surface area contributed by atoms with Gasteiger partial charge in [0.2, 0.25) is 0 Å². The average Bonchev–Trinajstić information content (AvgIpc) is 3.14. The van der Waals surface area contributed by atoms with Gasteiger partial charge in [-0.2, -0.15) is 5.10 Å². The quantitative estimate of drug-likeness (QED) is 0.423. The molecule has 3 N–H and O–H groups in total. The van der Waals surface area contributed by atoms with Gasteiger partial charge in [-0.3, -0.25) is 14.2 Å². The highest BCUT2D eigenvalue weighted by atomic mass is 16.2. The summed E-state index contributed by atoms with van der Waals surface area (Å²) in [5, 5.41) is 4.67. The highest BCUT2D eigenvalue weighted by molar-refractivity contribution is 6.02. The van der Waals surface area contributed by atoms with E-state index in [-0.39, 0.29) is 11.5 Å². The largest absolute Gasteiger partial charge is 0.399 e. The molecule has 0 aliphatic carbocycles. The summed E-state index contributed by atoms with van der Waals surface area (Å²) in [6, 6.07) is 12.2. The molecule has 4 rings (SSSR count). The fourth-order valence-corrected chi connectivity index (χ4v) is 3.25. The van der Waals surface area contributed by atoms with Gasteiger partial charge in [0.05, 0.1) is 16.6 Å². The van der Waals surface area contributed by atoms with Crippen LogP contribution in [0.4, 0.5) is 5.69 Å². The fraction of sp³-hybridized carbons (Fsp3) is 0.200. The summed E-state index contributed by atoms with van der Waals surface area (Å²) in [5.41, 5.74) is 11.3. The number of nitrogen functional groups attached to an aromatic ring is 1. The number of hydrazone groups is 1. The van der Waals surface area contributed by atoms with Gasteiger partial charge in [0.15, 0.2) is 0 Å². The second-order valence-electron chi connectivity index (χ2n) is 6.58. The third-order valence-corrected chi connectivity index (χ3v) is 4.71. The van der Waals surface area contributed by atoms with Crippen molar-refractivity contribution in [3.8, 4) is 0 Å². The molecular formula is C20H19N5O2. The second kappa shape index (κ2) is 6.68. The third kappa shape index (κ3) is 3.19. The predicted molar refractivity (Wildman–Crippen MR) is 105 cm³/mol. The molecular weight excluding hydrogens is 342 g/mol. The number of rotatable bonds is 3. The number of amides is 1. The summed E-state index contributed by atoms with van der Waals surface area (Å²) in [5.74, 6) is 0.420. The van der Waals surface area contributed by atoms with Gasteiger partial charge in [0.25, 0.3) is 11.5 Å². The first-order chi connectivity index (χ1) is 13.0. The van der Waals surface area contributed by atoms with Crippen LogP contribution in [0.5, 0.6) is 0 Å². The lowest BCUT2D eigenvalue weighted by Gasteiger charge is -2.07. The molecule has 0 spiro atoms. The minimum absolute atomic E-state index is 0.0463. The smallest absolute Gasteiger partial charge is 0.271 e. The molecule has 1 aromatic heterocycles. The van der Waals surface area contributed by atoms with Crippen LogP contribution in [0.15, 0.2) is 52.4 Å². The standard InChI is InChI=1S/C20H19N5O2/c1-12(13-4-2-5-15(21)10-13)23-24-19(26)14-7-8-16-17(11-14)22-18-6-3-9-25(18)20(16)27/h2,4-5,7-8,10-11H,3,6,9,21H2,1H3,(H,24,26)/b23-12-. The van der Waals surface area contributed by atoms with Crippen LogP contribution in [-0.2, 0) is 13.0 Å². The van der Waals surface area contributed by atoms with Crippen molar-refractivity contribution >= 4 is 28.2 Å². The Morgan fingerprint density at radius 3 is 2.89 bits per heavy atom. The second-order valence-corrected chi connectivity index (χ2v) is 6.58. The monoisotopic (exact) mass is 361 g/mol. The lowest BCUT2D eigenvalue weighted by atomic mass is 10.1. The average molecular weight is 361 g/mol. The molecule has 0 atom stereocenters. The van der Waals surface area contributed by atoms with E-state index in [1.807, 2.05) is 12.1 Å². The lowest BCUT2D eigenvalue weighted by molar-refractivity contribution is 0.0955. The summed E-state index contributed by atoms with van der Waals surface area (Å²) in [7, 11) is 0. The molecule has 1 aliphatic rings. The Balaban J connectivity index is 1.60. The van der Waals surface area contributed by atoms with E-state index >= 15 is 0 Å². The van der Waals surface area contributed by atoms with Crippen LogP contribution in [0, 0.1) is 0 Å². The molecule has 2 aromatic carbocycles. The zero-order valence-electron chi connectivity index (χ0n) is 14.9. The van der Waals surface area contributed by atoms with Crippen LogP contribution in [0.3, 0.4) is 0 Å². The first-order valence-electron chi connectivity index (χ1n) is 8.77. The SMILES string of the molecule is C/C(=N/NC(=O)c1ccc2c(=O)n3c(nc2c1)CCC3)c1cccc(N)c1. The molecule has 3 aromatic rings. The Hall–Kier alpha value is -3.48. The highest BCUT2D eigenvalue weighted by Crippen LogP contribution is 2.16. The fourth-order valence-electron chi connectivity index (χ4n) is 3.25. The van der Waals surface area contributed by atoms with Crippen LogP contribution >= 0.6 is 0 Å². The molecule has 0 saturated carbocycles. The number of carbonyl (C=O) groups excluding carboxylic acids is 1. The number of aromatic nitrogens is 2. The molecule has 2 heterocycles. The van der Waals surface area contributed by atoms with Gasteiger partial charge in [-0.1, -0.05) is 12.1 Å². The maximum absolute atomic E-state index is 12.5. The third-order valence-electron chi connectivity index (χ3n) is 4.71. The Kier molecular flexibility index (Phi) is 4.19. The lowest BCUT2D eigenvalue weighted by Crippen LogP contribution is -2.22. The Morgan fingerprint density at radius 1 is 1.22 bits per heavy atom. The zero-order valence-corrected chi connectivity index (χ0v) is 14.9. The molecule has 0 fully saturated rings. The summed E-state index contributed by atoms with van der Waals surface area (Å²) in [6.45, 7) is 2.50. The molecule has 27 heavy (non-hydrogen) atoms. The number of anilines is 1. The summed E-state index contributed by atoms with van der Waals surface area (Å²) in [6.07, 6.45) is 1.70. The van der Waals surface area contributed by atoms with Crippen molar-refractivity contribution in [3.63, 3.8) is 0 Å². The summed E-state index contributed by atoms with van der Waals surface area (Å²) in [4.78, 5) is 29.5. The topological polar surface area (TPSA) is 102 Å². The van der Waals surface area contributed by atoms with Crippen molar-refractivity contribution in [2.75, 3.05) is 5.73 Å². The van der Waals surface area contributed by atoms with Gasteiger partial charge >= 0.3 is 0 Å². The van der Waals surface area contributed by atoms with Crippen LogP contribution in [0.2, 0.25) is 0 Å². The van der Waals surface area contributed by atoms with Crippen LogP contribution in [0.1, 0.15) is 35.1 Å². The first-order valence-corrected chi connectivity index (χ1v) is 8.77. The molecule has 0 unspecified atom stereocenters. The summed E-state index contributed by atoms with van der Waals surface area (Å²) >= 11 is 0. The number of fused-ring (bicyclic) bond motifs is 2. The van der Waals surface area contributed by atoms with E-state index in [0.717, 1.165) is 24.2 Å². The van der Waals surface area contributed by atoms with Gasteiger partial charge in [-0.15, -0.1) is 0 Å². The number of aryl methyl sites for hydroxylation is 1. The number of nitrogens with zero attached hydrogens (tertiary/aromatic N) is 3. The molecule has 0 bridgehead atoms. The van der Waals surface area contributed by atoms with E-state index in [4.69, 9.17) is 5.73 Å².